The van der Waals surface area contributed by atoms with Crippen LogP contribution in [0.15, 0.2) is 30.6 Å². The average Bonchev–Trinajstić information content (AvgIpc) is 3.05. The van der Waals surface area contributed by atoms with Gasteiger partial charge in [-0.1, -0.05) is 25.1 Å². The highest BCUT2D eigenvalue weighted by Crippen LogP contribution is 2.36. The molecule has 1 fully saturated rings. The van der Waals surface area contributed by atoms with Gasteiger partial charge in [-0.2, -0.15) is 0 Å². The molecule has 140 valence electrons. The summed E-state index contributed by atoms with van der Waals surface area (Å²) in [5.41, 5.74) is 2.72. The van der Waals surface area contributed by atoms with Crippen LogP contribution in [0.25, 0.3) is 10.2 Å². The van der Waals surface area contributed by atoms with E-state index < -0.39 is 0 Å². The molecule has 1 aliphatic rings. The summed E-state index contributed by atoms with van der Waals surface area (Å²) in [5.74, 6) is 0.825. The highest BCUT2D eigenvalue weighted by atomic mass is 32.1. The second-order valence-electron chi connectivity index (χ2n) is 6.92. The van der Waals surface area contributed by atoms with Crippen molar-refractivity contribution in [3.63, 3.8) is 0 Å². The van der Waals surface area contributed by atoms with Crippen LogP contribution >= 0.6 is 11.3 Å². The molecule has 0 spiro atoms. The largest absolute Gasteiger partial charge is 0.356 e. The number of fused-ring (bicyclic) bond motifs is 1. The van der Waals surface area contributed by atoms with E-state index in [4.69, 9.17) is 0 Å². The molecule has 0 radical (unpaired) electrons. The quantitative estimate of drug-likeness (QED) is 0.706. The van der Waals surface area contributed by atoms with Gasteiger partial charge in [0.2, 0.25) is 0 Å². The van der Waals surface area contributed by atoms with Gasteiger partial charge in [-0.05, 0) is 44.2 Å². The molecule has 1 amide bonds. The molecule has 0 aliphatic carbocycles. The van der Waals surface area contributed by atoms with E-state index in [-0.39, 0.29) is 5.91 Å². The Kier molecular flexibility index (Phi) is 5.07. The number of hydrogen-bond acceptors (Lipinski definition) is 5. The molecule has 0 saturated carbocycles. The van der Waals surface area contributed by atoms with Crippen molar-refractivity contribution in [1.82, 2.24) is 9.97 Å². The Labute approximate surface area is 163 Å². The number of piperidine rings is 1. The van der Waals surface area contributed by atoms with E-state index in [0.29, 0.717) is 5.56 Å². The molecule has 6 heteroatoms. The number of aromatic nitrogens is 2. The standard InChI is InChI=1S/C21H24N4OS/c1-3-15-9-5-6-10-16(15)24-20(26)17-14(2)27-21-18(17)19(22-13-23-21)25-11-7-4-8-12-25/h5-6,9-10,13H,3-4,7-8,11-12H2,1-2H3,(H,24,26). The van der Waals surface area contributed by atoms with Crippen LogP contribution in [0, 0.1) is 6.92 Å². The van der Waals surface area contributed by atoms with Crippen molar-refractivity contribution in [1.29, 1.82) is 0 Å². The monoisotopic (exact) mass is 380 g/mol. The average molecular weight is 381 g/mol. The fraction of sp³-hybridized carbons (Fsp3) is 0.381. The summed E-state index contributed by atoms with van der Waals surface area (Å²) < 4.78 is 0. The number of thiophene rings is 1. The molecule has 1 saturated heterocycles. The number of amides is 1. The number of aryl methyl sites for hydroxylation is 2. The van der Waals surface area contributed by atoms with Gasteiger partial charge in [-0.15, -0.1) is 11.3 Å². The predicted octanol–water partition coefficient (Wildman–Crippen LogP) is 4.80. The minimum Gasteiger partial charge on any atom is -0.356 e. The summed E-state index contributed by atoms with van der Waals surface area (Å²) in [4.78, 5) is 26.4. The number of para-hydroxylation sites is 1. The minimum atomic E-state index is -0.0762. The number of nitrogens with zero attached hydrogens (tertiary/aromatic N) is 3. The fourth-order valence-corrected chi connectivity index (χ4v) is 4.77. The summed E-state index contributed by atoms with van der Waals surface area (Å²) in [7, 11) is 0. The van der Waals surface area contributed by atoms with Gasteiger partial charge in [0.1, 0.15) is 17.0 Å². The molecule has 4 rings (SSSR count). The number of carbonyl (C=O) groups excluding carboxylic acids is 1. The number of hydrogen-bond donors (Lipinski definition) is 1. The van der Waals surface area contributed by atoms with Gasteiger partial charge in [0, 0.05) is 23.7 Å². The number of carbonyl (C=O) groups is 1. The van der Waals surface area contributed by atoms with E-state index in [2.05, 4.69) is 33.2 Å². The van der Waals surface area contributed by atoms with Gasteiger partial charge in [-0.25, -0.2) is 9.97 Å². The number of nitrogens with one attached hydrogen (secondary N) is 1. The first-order chi connectivity index (χ1) is 13.2. The summed E-state index contributed by atoms with van der Waals surface area (Å²) in [6.45, 7) is 6.06. The van der Waals surface area contributed by atoms with Crippen LogP contribution in [0.5, 0.6) is 0 Å². The lowest BCUT2D eigenvalue weighted by molar-refractivity contribution is 0.102. The Hall–Kier alpha value is -2.47. The molecule has 3 aromatic rings. The highest BCUT2D eigenvalue weighted by Gasteiger charge is 2.24. The maximum absolute atomic E-state index is 13.2. The zero-order chi connectivity index (χ0) is 18.8. The molecular weight excluding hydrogens is 356 g/mol. The maximum Gasteiger partial charge on any atom is 0.257 e. The van der Waals surface area contributed by atoms with Crippen LogP contribution in [0.3, 0.4) is 0 Å². The molecule has 0 unspecified atom stereocenters. The lowest BCUT2D eigenvalue weighted by Crippen LogP contribution is -2.30. The smallest absolute Gasteiger partial charge is 0.257 e. The third-order valence-electron chi connectivity index (χ3n) is 5.17. The van der Waals surface area contributed by atoms with Crippen LogP contribution in [-0.4, -0.2) is 29.0 Å². The molecule has 1 aliphatic heterocycles. The number of benzene rings is 1. The van der Waals surface area contributed by atoms with E-state index >= 15 is 0 Å². The SMILES string of the molecule is CCc1ccccc1NC(=O)c1c(C)sc2ncnc(N3CCCCC3)c12. The summed E-state index contributed by atoms with van der Waals surface area (Å²) >= 11 is 1.57. The number of anilines is 2. The van der Waals surface area contributed by atoms with Crippen LogP contribution < -0.4 is 10.2 Å². The predicted molar refractivity (Wildman–Crippen MR) is 112 cm³/mol. The zero-order valence-corrected chi connectivity index (χ0v) is 16.6. The summed E-state index contributed by atoms with van der Waals surface area (Å²) in [6, 6.07) is 7.97. The van der Waals surface area contributed by atoms with E-state index in [1.54, 1.807) is 17.7 Å². The van der Waals surface area contributed by atoms with Gasteiger partial charge in [0.25, 0.3) is 5.91 Å². The Balaban J connectivity index is 1.76. The molecule has 1 N–H and O–H groups in total. The molecule has 3 heterocycles. The Morgan fingerprint density at radius 1 is 1.19 bits per heavy atom. The first kappa shape index (κ1) is 17.9. The van der Waals surface area contributed by atoms with Crippen molar-refractivity contribution < 1.29 is 4.79 Å². The van der Waals surface area contributed by atoms with Gasteiger partial charge in [-0.3, -0.25) is 4.79 Å². The van der Waals surface area contributed by atoms with E-state index in [1.165, 1.54) is 19.3 Å². The van der Waals surface area contributed by atoms with Crippen molar-refractivity contribution in [2.24, 2.45) is 0 Å². The highest BCUT2D eigenvalue weighted by molar-refractivity contribution is 7.19. The third kappa shape index (κ3) is 3.41. The van der Waals surface area contributed by atoms with Crippen molar-refractivity contribution in [3.05, 3.63) is 46.6 Å². The van der Waals surface area contributed by atoms with E-state index in [9.17, 15) is 4.79 Å². The molecule has 0 bridgehead atoms. The maximum atomic E-state index is 13.2. The van der Waals surface area contributed by atoms with Crippen molar-refractivity contribution in [2.75, 3.05) is 23.3 Å². The molecule has 27 heavy (non-hydrogen) atoms. The van der Waals surface area contributed by atoms with Crippen molar-refractivity contribution in [2.45, 2.75) is 39.5 Å². The molecule has 5 nitrogen and oxygen atoms in total. The van der Waals surface area contributed by atoms with Crippen LogP contribution in [0.2, 0.25) is 0 Å². The Bertz CT molecular complexity index is 975. The minimum absolute atomic E-state index is 0.0762. The normalized spacial score (nSPS) is 14.5. The number of rotatable bonds is 4. The zero-order valence-electron chi connectivity index (χ0n) is 15.8. The summed E-state index contributed by atoms with van der Waals surface area (Å²) in [5, 5.41) is 4.02. The van der Waals surface area contributed by atoms with Crippen LogP contribution in [-0.2, 0) is 6.42 Å². The summed E-state index contributed by atoms with van der Waals surface area (Å²) in [6.07, 6.45) is 6.09. The Morgan fingerprint density at radius 2 is 1.96 bits per heavy atom. The first-order valence-electron chi connectivity index (χ1n) is 9.57. The van der Waals surface area contributed by atoms with Crippen LogP contribution in [0.4, 0.5) is 11.5 Å². The molecule has 2 aromatic heterocycles. The molecular formula is C21H24N4OS. The second-order valence-corrected chi connectivity index (χ2v) is 8.13. The van der Waals surface area contributed by atoms with Crippen molar-refractivity contribution in [3.8, 4) is 0 Å². The topological polar surface area (TPSA) is 58.1 Å². The molecule has 1 aromatic carbocycles. The Morgan fingerprint density at radius 3 is 2.74 bits per heavy atom. The lowest BCUT2D eigenvalue weighted by atomic mass is 10.1. The van der Waals surface area contributed by atoms with Gasteiger partial charge >= 0.3 is 0 Å². The second kappa shape index (κ2) is 7.64. The van der Waals surface area contributed by atoms with Crippen molar-refractivity contribution >= 4 is 39.0 Å². The fourth-order valence-electron chi connectivity index (χ4n) is 3.78. The molecule has 0 atom stereocenters. The van der Waals surface area contributed by atoms with Gasteiger partial charge < -0.3 is 10.2 Å². The van der Waals surface area contributed by atoms with E-state index in [0.717, 1.165) is 51.7 Å². The van der Waals surface area contributed by atoms with Gasteiger partial charge in [0.15, 0.2) is 0 Å². The lowest BCUT2D eigenvalue weighted by Gasteiger charge is -2.28. The van der Waals surface area contributed by atoms with Crippen LogP contribution in [0.1, 0.15) is 47.0 Å². The van der Waals surface area contributed by atoms with E-state index in [1.807, 2.05) is 25.1 Å². The third-order valence-corrected chi connectivity index (χ3v) is 6.19. The first-order valence-corrected chi connectivity index (χ1v) is 10.4. The van der Waals surface area contributed by atoms with Gasteiger partial charge in [0.05, 0.1) is 10.9 Å².